The molecule has 3 aromatic rings. The second-order valence-corrected chi connectivity index (χ2v) is 6.81. The van der Waals surface area contributed by atoms with Gasteiger partial charge in [0, 0.05) is 31.0 Å². The molecule has 4 heteroatoms. The van der Waals surface area contributed by atoms with Gasteiger partial charge in [0.1, 0.15) is 12.4 Å². The van der Waals surface area contributed by atoms with Gasteiger partial charge >= 0.3 is 0 Å². The molecule has 26 heavy (non-hydrogen) atoms. The molecule has 136 valence electrons. The van der Waals surface area contributed by atoms with Gasteiger partial charge in [0.05, 0.1) is 6.33 Å². The van der Waals surface area contributed by atoms with Crippen LogP contribution in [-0.4, -0.2) is 15.6 Å². The number of rotatable bonds is 9. The third-order valence-electron chi connectivity index (χ3n) is 4.30. The first-order valence-corrected chi connectivity index (χ1v) is 9.19. The van der Waals surface area contributed by atoms with Gasteiger partial charge in [-0.2, -0.15) is 0 Å². The summed E-state index contributed by atoms with van der Waals surface area (Å²) >= 11 is 0. The molecule has 0 saturated carbocycles. The molecule has 0 saturated heterocycles. The SMILES string of the molecule is CC(C)NC(CCn1ccnc1)c1ccc(OCc2ccccc2)cc1. The van der Waals surface area contributed by atoms with Crippen molar-refractivity contribution in [2.24, 2.45) is 0 Å². The number of imidazole rings is 1. The molecule has 3 rings (SSSR count). The van der Waals surface area contributed by atoms with Gasteiger partial charge in [-0.15, -0.1) is 0 Å². The highest BCUT2D eigenvalue weighted by molar-refractivity contribution is 5.29. The summed E-state index contributed by atoms with van der Waals surface area (Å²) in [5.74, 6) is 0.899. The predicted molar refractivity (Wildman–Crippen MR) is 105 cm³/mol. The average molecular weight is 349 g/mol. The smallest absolute Gasteiger partial charge is 0.119 e. The Labute approximate surface area is 155 Å². The first-order chi connectivity index (χ1) is 12.7. The standard InChI is InChI=1S/C22H27N3O/c1-18(2)24-22(12-14-25-15-13-23-17-25)20-8-10-21(11-9-20)26-16-19-6-4-3-5-7-19/h3-11,13,15,17-18,22,24H,12,14,16H2,1-2H3. The highest BCUT2D eigenvalue weighted by Gasteiger charge is 2.13. The minimum absolute atomic E-state index is 0.306. The molecule has 1 N–H and O–H groups in total. The van der Waals surface area contributed by atoms with E-state index in [-0.39, 0.29) is 0 Å². The second-order valence-electron chi connectivity index (χ2n) is 6.81. The lowest BCUT2D eigenvalue weighted by Crippen LogP contribution is -2.29. The number of nitrogens with one attached hydrogen (secondary N) is 1. The summed E-state index contributed by atoms with van der Waals surface area (Å²) in [5.41, 5.74) is 2.46. The maximum atomic E-state index is 5.89. The molecular weight excluding hydrogens is 322 g/mol. The van der Waals surface area contributed by atoms with E-state index < -0.39 is 0 Å². The highest BCUT2D eigenvalue weighted by Crippen LogP contribution is 2.22. The molecule has 0 amide bonds. The van der Waals surface area contributed by atoms with E-state index >= 15 is 0 Å². The van der Waals surface area contributed by atoms with Gasteiger partial charge < -0.3 is 14.6 Å². The lowest BCUT2D eigenvalue weighted by atomic mass is 10.0. The molecule has 0 radical (unpaired) electrons. The maximum absolute atomic E-state index is 5.89. The monoisotopic (exact) mass is 349 g/mol. The van der Waals surface area contributed by atoms with Crippen LogP contribution < -0.4 is 10.1 Å². The number of ether oxygens (including phenoxy) is 1. The van der Waals surface area contributed by atoms with Crippen LogP contribution in [0, 0.1) is 0 Å². The van der Waals surface area contributed by atoms with Gasteiger partial charge in [0.25, 0.3) is 0 Å². The average Bonchev–Trinajstić information content (AvgIpc) is 3.18. The van der Waals surface area contributed by atoms with E-state index in [2.05, 4.69) is 65.1 Å². The summed E-state index contributed by atoms with van der Waals surface area (Å²) in [6, 6.07) is 19.4. The predicted octanol–water partition coefficient (Wildman–Crippen LogP) is 4.59. The van der Waals surface area contributed by atoms with Crippen molar-refractivity contribution in [1.29, 1.82) is 0 Å². The number of benzene rings is 2. The molecule has 4 nitrogen and oxygen atoms in total. The molecule has 0 bridgehead atoms. The van der Waals surface area contributed by atoms with Crippen LogP contribution in [0.2, 0.25) is 0 Å². The van der Waals surface area contributed by atoms with Crippen molar-refractivity contribution < 1.29 is 4.74 Å². The van der Waals surface area contributed by atoms with E-state index in [1.807, 2.05) is 36.9 Å². The van der Waals surface area contributed by atoms with Crippen molar-refractivity contribution >= 4 is 0 Å². The summed E-state index contributed by atoms with van der Waals surface area (Å²) in [6.07, 6.45) is 6.71. The number of hydrogen-bond donors (Lipinski definition) is 1. The van der Waals surface area contributed by atoms with Crippen LogP contribution in [0.4, 0.5) is 0 Å². The van der Waals surface area contributed by atoms with Crippen LogP contribution >= 0.6 is 0 Å². The van der Waals surface area contributed by atoms with Crippen LogP contribution in [0.15, 0.2) is 73.3 Å². The van der Waals surface area contributed by atoms with E-state index in [9.17, 15) is 0 Å². The van der Waals surface area contributed by atoms with Gasteiger partial charge in [-0.25, -0.2) is 4.98 Å². The fourth-order valence-electron chi connectivity index (χ4n) is 2.98. The zero-order valence-electron chi connectivity index (χ0n) is 15.5. The third kappa shape index (κ3) is 5.46. The number of aromatic nitrogens is 2. The lowest BCUT2D eigenvalue weighted by molar-refractivity contribution is 0.306. The van der Waals surface area contributed by atoms with Gasteiger partial charge in [-0.1, -0.05) is 56.3 Å². The van der Waals surface area contributed by atoms with Crippen LogP contribution in [0.1, 0.15) is 37.4 Å². The Kier molecular flexibility index (Phi) is 6.45. The molecule has 1 atom stereocenters. The van der Waals surface area contributed by atoms with Gasteiger partial charge in [-0.05, 0) is 29.7 Å². The minimum Gasteiger partial charge on any atom is -0.489 e. The Morgan fingerprint density at radius 3 is 2.46 bits per heavy atom. The normalized spacial score (nSPS) is 12.3. The molecular formula is C22H27N3O. The minimum atomic E-state index is 0.306. The molecule has 1 heterocycles. The van der Waals surface area contributed by atoms with E-state index in [1.165, 1.54) is 11.1 Å². The summed E-state index contributed by atoms with van der Waals surface area (Å²) < 4.78 is 8.01. The van der Waals surface area contributed by atoms with Crippen LogP contribution in [0.3, 0.4) is 0 Å². The molecule has 0 spiro atoms. The summed E-state index contributed by atoms with van der Waals surface area (Å²) in [7, 11) is 0. The summed E-state index contributed by atoms with van der Waals surface area (Å²) in [6.45, 7) is 5.90. The Bertz CT molecular complexity index is 752. The van der Waals surface area contributed by atoms with Gasteiger partial charge in [0.15, 0.2) is 0 Å². The van der Waals surface area contributed by atoms with Gasteiger partial charge in [0.2, 0.25) is 0 Å². The fraction of sp³-hybridized carbons (Fsp3) is 0.318. The van der Waals surface area contributed by atoms with E-state index in [0.29, 0.717) is 18.7 Å². The van der Waals surface area contributed by atoms with Crippen molar-refractivity contribution in [3.8, 4) is 5.75 Å². The number of hydrogen-bond acceptors (Lipinski definition) is 3. The topological polar surface area (TPSA) is 39.1 Å². The number of nitrogens with zero attached hydrogens (tertiary/aromatic N) is 2. The molecule has 0 aliphatic rings. The zero-order valence-corrected chi connectivity index (χ0v) is 15.5. The van der Waals surface area contributed by atoms with Crippen LogP contribution in [0.25, 0.3) is 0 Å². The summed E-state index contributed by atoms with van der Waals surface area (Å²) in [4.78, 5) is 4.12. The highest BCUT2D eigenvalue weighted by atomic mass is 16.5. The maximum Gasteiger partial charge on any atom is 0.119 e. The van der Waals surface area contributed by atoms with Crippen LogP contribution in [-0.2, 0) is 13.2 Å². The van der Waals surface area contributed by atoms with Crippen molar-refractivity contribution in [1.82, 2.24) is 14.9 Å². The zero-order chi connectivity index (χ0) is 18.2. The van der Waals surface area contributed by atoms with E-state index in [1.54, 1.807) is 0 Å². The van der Waals surface area contributed by atoms with Crippen molar-refractivity contribution in [2.45, 2.75) is 45.5 Å². The fourth-order valence-corrected chi connectivity index (χ4v) is 2.98. The lowest BCUT2D eigenvalue weighted by Gasteiger charge is -2.22. The molecule has 0 fully saturated rings. The Morgan fingerprint density at radius 1 is 1.04 bits per heavy atom. The van der Waals surface area contributed by atoms with Crippen LogP contribution in [0.5, 0.6) is 5.75 Å². The molecule has 2 aromatic carbocycles. The van der Waals surface area contributed by atoms with Crippen molar-refractivity contribution in [3.63, 3.8) is 0 Å². The van der Waals surface area contributed by atoms with E-state index in [0.717, 1.165) is 18.7 Å². The first-order valence-electron chi connectivity index (χ1n) is 9.19. The first kappa shape index (κ1) is 18.2. The van der Waals surface area contributed by atoms with Crippen molar-refractivity contribution in [3.05, 3.63) is 84.4 Å². The Balaban J connectivity index is 1.61. The molecule has 1 unspecified atom stereocenters. The van der Waals surface area contributed by atoms with Crippen molar-refractivity contribution in [2.75, 3.05) is 0 Å². The molecule has 1 aromatic heterocycles. The molecule has 0 aliphatic carbocycles. The van der Waals surface area contributed by atoms with E-state index in [4.69, 9.17) is 4.74 Å². The molecule has 0 aliphatic heterocycles. The Hall–Kier alpha value is -2.59. The Morgan fingerprint density at radius 2 is 1.81 bits per heavy atom. The summed E-state index contributed by atoms with van der Waals surface area (Å²) in [5, 5.41) is 3.66. The second kappa shape index (κ2) is 9.20. The third-order valence-corrected chi connectivity index (χ3v) is 4.30. The quantitative estimate of drug-likeness (QED) is 0.614. The van der Waals surface area contributed by atoms with Gasteiger partial charge in [-0.3, -0.25) is 0 Å². The largest absolute Gasteiger partial charge is 0.489 e. The number of aryl methyl sites for hydroxylation is 1.